The lowest BCUT2D eigenvalue weighted by molar-refractivity contribution is 0.394. The number of methoxy groups -OCH3 is 2. The normalized spacial score (nSPS) is 16.8. The minimum atomic E-state index is 0. The highest BCUT2D eigenvalue weighted by atomic mass is 127. The molecule has 1 unspecified atom stereocenters. The van der Waals surface area contributed by atoms with Crippen LogP contribution in [-0.2, 0) is 0 Å². The zero-order chi connectivity index (χ0) is 16.7. The van der Waals surface area contributed by atoms with Gasteiger partial charge in [0.15, 0.2) is 5.96 Å². The van der Waals surface area contributed by atoms with Crippen LogP contribution in [0.4, 0.5) is 5.69 Å². The molecule has 0 spiro atoms. The summed E-state index contributed by atoms with van der Waals surface area (Å²) in [6.07, 6.45) is 6.29. The SMILES string of the molecule is C#CCNC(=NC)NC1CCN(c2cc(OC)cc(OC)c2)C1.I. The molecule has 2 rings (SSSR count). The fourth-order valence-corrected chi connectivity index (χ4v) is 2.61. The van der Waals surface area contributed by atoms with E-state index in [0.717, 1.165) is 42.7 Å². The minimum absolute atomic E-state index is 0. The van der Waals surface area contributed by atoms with E-state index in [1.807, 2.05) is 18.2 Å². The summed E-state index contributed by atoms with van der Waals surface area (Å²) in [7, 11) is 5.06. The fourth-order valence-electron chi connectivity index (χ4n) is 2.61. The van der Waals surface area contributed by atoms with Crippen molar-refractivity contribution in [1.29, 1.82) is 0 Å². The number of rotatable bonds is 5. The van der Waals surface area contributed by atoms with E-state index in [9.17, 15) is 0 Å². The molecule has 1 aromatic rings. The van der Waals surface area contributed by atoms with Gasteiger partial charge in [-0.1, -0.05) is 5.92 Å². The van der Waals surface area contributed by atoms with Crippen molar-refractivity contribution < 1.29 is 9.47 Å². The molecule has 1 aromatic carbocycles. The average Bonchev–Trinajstić information content (AvgIpc) is 3.06. The summed E-state index contributed by atoms with van der Waals surface area (Å²) in [5, 5.41) is 6.48. The van der Waals surface area contributed by atoms with Gasteiger partial charge >= 0.3 is 0 Å². The van der Waals surface area contributed by atoms with Crippen LogP contribution in [0.25, 0.3) is 0 Å². The number of nitrogens with zero attached hydrogens (tertiary/aromatic N) is 2. The quantitative estimate of drug-likeness (QED) is 0.314. The second kappa shape index (κ2) is 10.1. The topological polar surface area (TPSA) is 58.1 Å². The molecule has 7 heteroatoms. The maximum Gasteiger partial charge on any atom is 0.192 e. The Morgan fingerprint density at radius 2 is 2.00 bits per heavy atom. The second-order valence-electron chi connectivity index (χ2n) is 5.28. The maximum atomic E-state index is 5.34. The Morgan fingerprint density at radius 3 is 2.54 bits per heavy atom. The molecule has 1 aliphatic heterocycles. The smallest absolute Gasteiger partial charge is 0.192 e. The predicted molar refractivity (Wildman–Crippen MR) is 109 cm³/mol. The van der Waals surface area contributed by atoms with Crippen LogP contribution in [0.1, 0.15) is 6.42 Å². The van der Waals surface area contributed by atoms with Gasteiger partial charge in [0.05, 0.1) is 20.8 Å². The van der Waals surface area contributed by atoms with Gasteiger partial charge < -0.3 is 25.0 Å². The second-order valence-corrected chi connectivity index (χ2v) is 5.28. The number of anilines is 1. The number of halogens is 1. The lowest BCUT2D eigenvalue weighted by Crippen LogP contribution is -2.44. The third-order valence-electron chi connectivity index (χ3n) is 3.81. The Balaban J connectivity index is 0.00000288. The standard InChI is InChI=1S/C17H24N4O2.HI/c1-5-7-19-17(18-2)20-13-6-8-21(12-13)14-9-15(22-3)11-16(10-14)23-4;/h1,9-11,13H,6-8,12H2,2-4H3,(H2,18,19,20);1H. The van der Waals surface area contributed by atoms with E-state index >= 15 is 0 Å². The molecular weight excluding hydrogens is 419 g/mol. The van der Waals surface area contributed by atoms with Crippen molar-refractivity contribution >= 4 is 35.6 Å². The zero-order valence-corrected chi connectivity index (χ0v) is 16.7. The Kier molecular flexibility index (Phi) is 8.54. The van der Waals surface area contributed by atoms with Gasteiger partial charge in [0.1, 0.15) is 11.5 Å². The summed E-state index contributed by atoms with van der Waals surface area (Å²) >= 11 is 0. The predicted octanol–water partition coefficient (Wildman–Crippen LogP) is 1.70. The molecule has 1 aliphatic rings. The molecule has 2 N–H and O–H groups in total. The summed E-state index contributed by atoms with van der Waals surface area (Å²) in [6, 6.07) is 6.24. The van der Waals surface area contributed by atoms with E-state index in [1.165, 1.54) is 0 Å². The van der Waals surface area contributed by atoms with Gasteiger partial charge in [-0.3, -0.25) is 4.99 Å². The number of hydrogen-bond acceptors (Lipinski definition) is 4. The monoisotopic (exact) mass is 444 g/mol. The number of aliphatic imine (C=N–C) groups is 1. The first-order chi connectivity index (χ1) is 11.2. The van der Waals surface area contributed by atoms with Crippen LogP contribution >= 0.6 is 24.0 Å². The molecule has 6 nitrogen and oxygen atoms in total. The first-order valence-corrected chi connectivity index (χ1v) is 7.58. The molecule has 1 fully saturated rings. The van der Waals surface area contributed by atoms with E-state index in [0.29, 0.717) is 12.6 Å². The summed E-state index contributed by atoms with van der Waals surface area (Å²) in [5.74, 6) is 4.87. The van der Waals surface area contributed by atoms with Crippen LogP contribution in [-0.4, -0.2) is 52.9 Å². The van der Waals surface area contributed by atoms with Crippen LogP contribution in [0, 0.1) is 12.3 Å². The first-order valence-electron chi connectivity index (χ1n) is 7.58. The largest absolute Gasteiger partial charge is 0.497 e. The highest BCUT2D eigenvalue weighted by molar-refractivity contribution is 14.0. The van der Waals surface area contributed by atoms with Crippen LogP contribution in [0.2, 0.25) is 0 Å². The molecule has 24 heavy (non-hydrogen) atoms. The van der Waals surface area contributed by atoms with E-state index in [4.69, 9.17) is 15.9 Å². The number of ether oxygens (including phenoxy) is 2. The fraction of sp³-hybridized carbons (Fsp3) is 0.471. The summed E-state index contributed by atoms with van der Waals surface area (Å²) in [5.41, 5.74) is 1.09. The van der Waals surface area contributed by atoms with Crippen LogP contribution in [0.3, 0.4) is 0 Å². The van der Waals surface area contributed by atoms with E-state index in [2.05, 4.69) is 26.4 Å². The van der Waals surface area contributed by atoms with Crippen molar-refractivity contribution in [3.8, 4) is 23.8 Å². The Bertz CT molecular complexity index is 578. The molecule has 132 valence electrons. The van der Waals surface area contributed by atoms with Gasteiger partial charge in [-0.25, -0.2) is 0 Å². The van der Waals surface area contributed by atoms with Crippen molar-refractivity contribution in [2.45, 2.75) is 12.5 Å². The summed E-state index contributed by atoms with van der Waals surface area (Å²) < 4.78 is 10.7. The lowest BCUT2D eigenvalue weighted by atomic mass is 10.2. The van der Waals surface area contributed by atoms with Gasteiger partial charge in [-0.05, 0) is 6.42 Å². The van der Waals surface area contributed by atoms with Crippen molar-refractivity contribution in [1.82, 2.24) is 10.6 Å². The van der Waals surface area contributed by atoms with Crippen LogP contribution < -0.4 is 25.0 Å². The molecule has 0 saturated carbocycles. The van der Waals surface area contributed by atoms with Gasteiger partial charge in [-0.2, -0.15) is 0 Å². The van der Waals surface area contributed by atoms with Crippen molar-refractivity contribution in [3.63, 3.8) is 0 Å². The zero-order valence-electron chi connectivity index (χ0n) is 14.3. The number of terminal acetylenes is 1. The number of guanidine groups is 1. The Labute approximate surface area is 161 Å². The van der Waals surface area contributed by atoms with E-state index in [1.54, 1.807) is 21.3 Å². The van der Waals surface area contributed by atoms with Gasteiger partial charge in [0.25, 0.3) is 0 Å². The third-order valence-corrected chi connectivity index (χ3v) is 3.81. The van der Waals surface area contributed by atoms with Crippen molar-refractivity contribution in [2.75, 3.05) is 45.8 Å². The number of benzene rings is 1. The molecule has 1 atom stereocenters. The van der Waals surface area contributed by atoms with Gasteiger partial charge in [0.2, 0.25) is 0 Å². The molecule has 0 amide bonds. The number of hydrogen-bond donors (Lipinski definition) is 2. The number of nitrogens with one attached hydrogen (secondary N) is 2. The maximum absolute atomic E-state index is 5.34. The molecule has 1 saturated heterocycles. The highest BCUT2D eigenvalue weighted by Crippen LogP contribution is 2.30. The van der Waals surface area contributed by atoms with Gasteiger partial charge in [-0.15, -0.1) is 30.4 Å². The average molecular weight is 444 g/mol. The third kappa shape index (κ3) is 5.37. The highest BCUT2D eigenvalue weighted by Gasteiger charge is 2.24. The Hall–Kier alpha value is -1.82. The molecule has 1 heterocycles. The lowest BCUT2D eigenvalue weighted by Gasteiger charge is -2.21. The molecule has 0 bridgehead atoms. The molecular formula is C17H25IN4O2. The van der Waals surface area contributed by atoms with E-state index < -0.39 is 0 Å². The van der Waals surface area contributed by atoms with Gasteiger partial charge in [0, 0.05) is 50.1 Å². The van der Waals surface area contributed by atoms with E-state index in [-0.39, 0.29) is 24.0 Å². The van der Waals surface area contributed by atoms with Crippen molar-refractivity contribution in [2.24, 2.45) is 4.99 Å². The van der Waals surface area contributed by atoms with Crippen LogP contribution in [0.5, 0.6) is 11.5 Å². The molecule has 0 aliphatic carbocycles. The minimum Gasteiger partial charge on any atom is -0.497 e. The Morgan fingerprint density at radius 1 is 1.33 bits per heavy atom. The molecule has 0 radical (unpaired) electrons. The summed E-state index contributed by atoms with van der Waals surface area (Å²) in [4.78, 5) is 6.48. The summed E-state index contributed by atoms with van der Waals surface area (Å²) in [6.45, 7) is 2.30. The first kappa shape index (κ1) is 20.2. The molecule has 0 aromatic heterocycles. The van der Waals surface area contributed by atoms with Crippen molar-refractivity contribution in [3.05, 3.63) is 18.2 Å². The van der Waals surface area contributed by atoms with Crippen LogP contribution in [0.15, 0.2) is 23.2 Å².